The van der Waals surface area contributed by atoms with E-state index < -0.39 is 36.7 Å². The van der Waals surface area contributed by atoms with Crippen LogP contribution in [0.15, 0.2) is 70.6 Å². The number of benzene rings is 2. The van der Waals surface area contributed by atoms with Gasteiger partial charge < -0.3 is 9.47 Å². The van der Waals surface area contributed by atoms with Gasteiger partial charge in [0.1, 0.15) is 18.6 Å². The van der Waals surface area contributed by atoms with Crippen molar-refractivity contribution in [2.45, 2.75) is 49.8 Å². The Kier molecular flexibility index (Phi) is 13.9. The molecule has 2 aliphatic heterocycles. The molecule has 251 valence electrons. The average molecular weight is 726 g/mol. The molecule has 2 aliphatic rings. The van der Waals surface area contributed by atoms with Crippen molar-refractivity contribution in [1.82, 2.24) is 0 Å². The van der Waals surface area contributed by atoms with Gasteiger partial charge in [-0.3, -0.25) is 9.11 Å². The van der Waals surface area contributed by atoms with E-state index in [4.69, 9.17) is 45.4 Å². The number of hydrogen-bond acceptors (Lipinski definition) is 8. The summed E-state index contributed by atoms with van der Waals surface area (Å²) in [4.78, 5) is 9.68. The summed E-state index contributed by atoms with van der Waals surface area (Å²) in [5.41, 5.74) is -8.94. The monoisotopic (exact) mass is 725 g/mol. The van der Waals surface area contributed by atoms with E-state index in [1.54, 1.807) is 0 Å². The second-order valence-corrected chi connectivity index (χ2v) is 12.5. The van der Waals surface area contributed by atoms with E-state index in [0.717, 1.165) is 24.6 Å². The summed E-state index contributed by atoms with van der Waals surface area (Å²) in [6, 6.07) is 21.2. The summed E-state index contributed by atoms with van der Waals surface area (Å²) in [5.74, 6) is 1.48. The molecular formula is C25H28CuF6N2O8S2. The van der Waals surface area contributed by atoms with E-state index in [0.29, 0.717) is 13.2 Å². The quantitative estimate of drug-likeness (QED) is 0.185. The Morgan fingerprint density at radius 1 is 0.682 bits per heavy atom. The standard InChI is InChI=1S/C23H26N2O2.2CHF3O3S.Cu/c1-23(2,21-24-19(15-26-21)13-17-9-5-3-6-10-17)22-25-20(16-27-22)14-18-11-7-4-8-12-18;2*2-1(3,4)8(5,6)7;/h3-12,19-20H,13-16H2,1-2H3;2*(H,5,6,7);/t19-,20-;;;/m0.../s1. The molecular weight excluding hydrogens is 698 g/mol. The number of hydrogen-bond donors (Lipinski definition) is 2. The molecule has 0 spiro atoms. The molecule has 2 aromatic carbocycles. The fourth-order valence-corrected chi connectivity index (χ4v) is 3.59. The molecule has 0 aliphatic carbocycles. The van der Waals surface area contributed by atoms with Crippen LogP contribution >= 0.6 is 0 Å². The van der Waals surface area contributed by atoms with Crippen LogP contribution in [-0.4, -0.2) is 74.1 Å². The van der Waals surface area contributed by atoms with Gasteiger partial charge in [-0.25, -0.2) is 9.98 Å². The van der Waals surface area contributed by atoms with Gasteiger partial charge in [0.2, 0.25) is 0 Å². The predicted molar refractivity (Wildman–Crippen MR) is 144 cm³/mol. The van der Waals surface area contributed by atoms with E-state index in [1.807, 2.05) is 12.1 Å². The fraction of sp³-hybridized carbons (Fsp3) is 0.440. The van der Waals surface area contributed by atoms with Gasteiger partial charge in [0.05, 0.1) is 12.1 Å². The molecule has 0 fully saturated rings. The second kappa shape index (κ2) is 15.5. The van der Waals surface area contributed by atoms with E-state index in [2.05, 4.69) is 62.4 Å². The van der Waals surface area contributed by atoms with Gasteiger partial charge in [-0.05, 0) is 37.8 Å². The maximum absolute atomic E-state index is 10.7. The van der Waals surface area contributed by atoms with E-state index in [1.165, 1.54) is 11.1 Å². The van der Waals surface area contributed by atoms with Crippen molar-refractivity contribution in [2.75, 3.05) is 13.2 Å². The van der Waals surface area contributed by atoms with Crippen LogP contribution in [0.3, 0.4) is 0 Å². The van der Waals surface area contributed by atoms with Crippen molar-refractivity contribution in [3.63, 3.8) is 0 Å². The van der Waals surface area contributed by atoms with Crippen LogP contribution in [0.4, 0.5) is 26.3 Å². The Morgan fingerprint density at radius 2 is 0.955 bits per heavy atom. The first kappa shape index (κ1) is 39.3. The molecule has 0 amide bonds. The predicted octanol–water partition coefficient (Wildman–Crippen LogP) is 4.88. The first-order valence-corrected chi connectivity index (χ1v) is 15.1. The number of rotatable bonds is 6. The number of ether oxygens (including phenoxy) is 2. The second-order valence-electron chi connectivity index (χ2n) is 9.64. The van der Waals surface area contributed by atoms with Gasteiger partial charge in [0, 0.05) is 17.1 Å². The third-order valence-corrected chi connectivity index (χ3v) is 6.88. The molecule has 0 unspecified atom stereocenters. The maximum atomic E-state index is 10.7. The molecule has 0 saturated heterocycles. The van der Waals surface area contributed by atoms with Crippen molar-refractivity contribution < 1.29 is 78.8 Å². The van der Waals surface area contributed by atoms with E-state index in [-0.39, 0.29) is 29.2 Å². The average Bonchev–Trinajstić information content (AvgIpc) is 3.54. The van der Waals surface area contributed by atoms with Gasteiger partial charge in [-0.2, -0.15) is 43.2 Å². The molecule has 1 radical (unpaired) electrons. The van der Waals surface area contributed by atoms with Crippen molar-refractivity contribution in [2.24, 2.45) is 15.4 Å². The molecule has 2 N–H and O–H groups in total. The smallest absolute Gasteiger partial charge is 0.478 e. The van der Waals surface area contributed by atoms with Crippen molar-refractivity contribution in [3.05, 3.63) is 71.8 Å². The van der Waals surface area contributed by atoms with Gasteiger partial charge in [0.15, 0.2) is 11.8 Å². The normalized spacial score (nSPS) is 18.6. The van der Waals surface area contributed by atoms with Gasteiger partial charge in [-0.15, -0.1) is 0 Å². The molecule has 10 nitrogen and oxygen atoms in total. The van der Waals surface area contributed by atoms with Crippen LogP contribution in [0.25, 0.3) is 0 Å². The van der Waals surface area contributed by atoms with Crippen LogP contribution in [-0.2, 0) is 59.6 Å². The summed E-state index contributed by atoms with van der Waals surface area (Å²) < 4.78 is 127. The third kappa shape index (κ3) is 12.0. The Balaban J connectivity index is 0.000000474. The molecule has 2 aromatic rings. The zero-order valence-electron chi connectivity index (χ0n) is 22.9. The first-order valence-electron chi connectivity index (χ1n) is 12.2. The van der Waals surface area contributed by atoms with Gasteiger partial charge in [-0.1, -0.05) is 60.7 Å². The topological polar surface area (TPSA) is 152 Å². The SMILES string of the molecule is CC(C)(C1=N[C@@H](Cc2ccccc2)CO1)C1=N[C@@H](Cc2ccccc2)CO1.O=S(=O)(O)C(F)(F)F.O=S(=O)(O)C(F)(F)F.[Cu]. The maximum Gasteiger partial charge on any atom is 0.522 e. The Hall–Kier alpha value is -2.70. The largest absolute Gasteiger partial charge is 0.522 e. The van der Waals surface area contributed by atoms with Crippen LogP contribution in [0.5, 0.6) is 0 Å². The molecule has 44 heavy (non-hydrogen) atoms. The number of nitrogens with zero attached hydrogens (tertiary/aromatic N) is 2. The van der Waals surface area contributed by atoms with Gasteiger partial charge >= 0.3 is 31.3 Å². The minimum Gasteiger partial charge on any atom is -0.478 e. The Labute approximate surface area is 260 Å². The summed E-state index contributed by atoms with van der Waals surface area (Å²) in [7, 11) is -11.7. The van der Waals surface area contributed by atoms with Crippen molar-refractivity contribution in [3.8, 4) is 0 Å². The number of halogens is 6. The molecule has 2 heterocycles. The summed E-state index contributed by atoms with van der Waals surface area (Å²) >= 11 is 0. The molecule has 0 bridgehead atoms. The Morgan fingerprint density at radius 3 is 1.20 bits per heavy atom. The molecule has 4 rings (SSSR count). The number of aliphatic imine (C=N–C) groups is 2. The third-order valence-electron chi connectivity index (χ3n) is 5.71. The fourth-order valence-electron chi connectivity index (χ4n) is 3.59. The summed E-state index contributed by atoms with van der Waals surface area (Å²) in [5, 5.41) is 0. The van der Waals surface area contributed by atoms with E-state index in [9.17, 15) is 26.3 Å². The van der Waals surface area contributed by atoms with Crippen molar-refractivity contribution in [1.29, 1.82) is 0 Å². The molecule has 0 saturated carbocycles. The van der Waals surface area contributed by atoms with Gasteiger partial charge in [0.25, 0.3) is 0 Å². The first-order chi connectivity index (χ1) is 19.6. The van der Waals surface area contributed by atoms with Crippen molar-refractivity contribution >= 4 is 32.0 Å². The van der Waals surface area contributed by atoms with Crippen LogP contribution in [0.1, 0.15) is 25.0 Å². The Bertz CT molecular complexity index is 1370. The minimum absolute atomic E-state index is 0. The summed E-state index contributed by atoms with van der Waals surface area (Å²) in [6.07, 6.45) is 1.79. The zero-order chi connectivity index (χ0) is 32.7. The molecule has 2 atom stereocenters. The zero-order valence-corrected chi connectivity index (χ0v) is 25.5. The molecule has 19 heteroatoms. The summed E-state index contributed by atoms with van der Waals surface area (Å²) in [6.45, 7) is 5.41. The van der Waals surface area contributed by atoms with Crippen LogP contribution < -0.4 is 0 Å². The minimum atomic E-state index is -5.84. The van der Waals surface area contributed by atoms with Crippen LogP contribution in [0, 0.1) is 5.41 Å². The van der Waals surface area contributed by atoms with Crippen LogP contribution in [0.2, 0.25) is 0 Å². The van der Waals surface area contributed by atoms with E-state index >= 15 is 0 Å². The molecule has 0 aromatic heterocycles. The number of alkyl halides is 6.